The molecular formula is C15H14ClN3. The fraction of sp³-hybridized carbons (Fsp3) is 0.133. The number of pyridine rings is 1. The molecule has 2 N–H and O–H groups in total. The number of imidazole rings is 1. The Labute approximate surface area is 116 Å². The van der Waals surface area contributed by atoms with Crippen molar-refractivity contribution in [2.45, 2.75) is 13.0 Å². The van der Waals surface area contributed by atoms with Gasteiger partial charge < -0.3 is 5.73 Å². The van der Waals surface area contributed by atoms with E-state index in [1.54, 1.807) is 0 Å². The highest BCUT2D eigenvalue weighted by Gasteiger charge is 2.07. The number of nitrogens with zero attached hydrogens (tertiary/aromatic N) is 2. The molecule has 2 heterocycles. The van der Waals surface area contributed by atoms with E-state index in [0.29, 0.717) is 6.54 Å². The van der Waals surface area contributed by atoms with Crippen LogP contribution in [0.4, 0.5) is 0 Å². The average Bonchev–Trinajstić information content (AvgIpc) is 2.85. The highest BCUT2D eigenvalue weighted by Crippen LogP contribution is 2.16. The van der Waals surface area contributed by atoms with Gasteiger partial charge in [0.1, 0.15) is 5.82 Å². The van der Waals surface area contributed by atoms with Crippen LogP contribution < -0.4 is 5.73 Å². The summed E-state index contributed by atoms with van der Waals surface area (Å²) >= 11 is 5.90. The monoisotopic (exact) mass is 271 g/mol. The Morgan fingerprint density at radius 1 is 1.11 bits per heavy atom. The zero-order valence-corrected chi connectivity index (χ0v) is 11.1. The Balaban J connectivity index is 2.03. The Bertz CT molecular complexity index is 701. The first kappa shape index (κ1) is 12.2. The number of fused-ring (bicyclic) bond motifs is 1. The van der Waals surface area contributed by atoms with Gasteiger partial charge in [-0.25, -0.2) is 4.98 Å². The molecule has 0 aliphatic rings. The van der Waals surface area contributed by atoms with Crippen molar-refractivity contribution >= 4 is 17.1 Å². The van der Waals surface area contributed by atoms with E-state index < -0.39 is 0 Å². The van der Waals surface area contributed by atoms with Crippen molar-refractivity contribution in [1.29, 1.82) is 0 Å². The molecule has 0 unspecified atom stereocenters. The molecule has 0 saturated heterocycles. The molecule has 0 aliphatic carbocycles. The first-order valence-corrected chi connectivity index (χ1v) is 6.54. The lowest BCUT2D eigenvalue weighted by molar-refractivity contribution is 0.877. The van der Waals surface area contributed by atoms with Gasteiger partial charge in [-0.1, -0.05) is 29.8 Å². The van der Waals surface area contributed by atoms with Crippen molar-refractivity contribution in [2.24, 2.45) is 5.73 Å². The van der Waals surface area contributed by atoms with Gasteiger partial charge in [-0.2, -0.15) is 0 Å². The number of hydrogen-bond acceptors (Lipinski definition) is 2. The van der Waals surface area contributed by atoms with E-state index in [0.717, 1.165) is 28.5 Å². The second-order valence-corrected chi connectivity index (χ2v) is 4.90. The van der Waals surface area contributed by atoms with Crippen LogP contribution in [0.2, 0.25) is 5.02 Å². The van der Waals surface area contributed by atoms with Gasteiger partial charge in [0.2, 0.25) is 0 Å². The molecule has 19 heavy (non-hydrogen) atoms. The fourth-order valence-electron chi connectivity index (χ4n) is 2.26. The lowest BCUT2D eigenvalue weighted by atomic mass is 10.1. The van der Waals surface area contributed by atoms with E-state index in [9.17, 15) is 0 Å². The van der Waals surface area contributed by atoms with Crippen molar-refractivity contribution in [3.8, 4) is 0 Å². The highest BCUT2D eigenvalue weighted by molar-refractivity contribution is 6.30. The van der Waals surface area contributed by atoms with Crippen LogP contribution in [0.1, 0.15) is 17.1 Å². The van der Waals surface area contributed by atoms with Crippen molar-refractivity contribution in [2.75, 3.05) is 0 Å². The molecule has 0 amide bonds. The third-order valence-electron chi connectivity index (χ3n) is 3.19. The van der Waals surface area contributed by atoms with E-state index in [1.165, 1.54) is 5.56 Å². The van der Waals surface area contributed by atoms with Crippen LogP contribution in [0.3, 0.4) is 0 Å². The molecule has 0 fully saturated rings. The van der Waals surface area contributed by atoms with Gasteiger partial charge in [-0.3, -0.25) is 4.40 Å². The summed E-state index contributed by atoms with van der Waals surface area (Å²) in [5.41, 5.74) is 9.12. The maximum absolute atomic E-state index is 5.90. The van der Waals surface area contributed by atoms with Crippen molar-refractivity contribution in [1.82, 2.24) is 9.38 Å². The summed E-state index contributed by atoms with van der Waals surface area (Å²) < 4.78 is 2.12. The number of hydrogen-bond donors (Lipinski definition) is 1. The lowest BCUT2D eigenvalue weighted by Gasteiger charge is -2.07. The maximum Gasteiger partial charge on any atom is 0.117 e. The third-order valence-corrected chi connectivity index (χ3v) is 3.44. The normalized spacial score (nSPS) is 11.1. The molecule has 0 atom stereocenters. The fourth-order valence-corrected chi connectivity index (χ4v) is 2.38. The number of nitrogens with two attached hydrogens (primary N) is 1. The van der Waals surface area contributed by atoms with Crippen molar-refractivity contribution < 1.29 is 0 Å². The second kappa shape index (κ2) is 5.03. The number of aromatic nitrogens is 2. The molecule has 1 aromatic carbocycles. The van der Waals surface area contributed by atoms with E-state index in [2.05, 4.69) is 9.38 Å². The molecule has 3 nitrogen and oxygen atoms in total. The topological polar surface area (TPSA) is 43.3 Å². The zero-order chi connectivity index (χ0) is 13.2. The summed E-state index contributed by atoms with van der Waals surface area (Å²) in [5, 5.41) is 0.749. The van der Waals surface area contributed by atoms with Gasteiger partial charge in [0.25, 0.3) is 0 Å². The smallest absolute Gasteiger partial charge is 0.117 e. The first-order chi connectivity index (χ1) is 9.28. The molecule has 4 heteroatoms. The highest BCUT2D eigenvalue weighted by atomic mass is 35.5. The Hall–Kier alpha value is -1.84. The second-order valence-electron chi connectivity index (χ2n) is 4.46. The van der Waals surface area contributed by atoms with Crippen LogP contribution in [0, 0.1) is 0 Å². The Morgan fingerprint density at radius 2 is 1.89 bits per heavy atom. The van der Waals surface area contributed by atoms with Gasteiger partial charge >= 0.3 is 0 Å². The van der Waals surface area contributed by atoms with Crippen LogP contribution in [-0.2, 0) is 13.0 Å². The molecule has 0 radical (unpaired) electrons. The van der Waals surface area contributed by atoms with Gasteiger partial charge in [0.05, 0.1) is 11.7 Å². The molecule has 0 aliphatic heterocycles. The zero-order valence-electron chi connectivity index (χ0n) is 10.4. The summed E-state index contributed by atoms with van der Waals surface area (Å²) in [6.45, 7) is 0.501. The molecular weight excluding hydrogens is 258 g/mol. The van der Waals surface area contributed by atoms with Crippen molar-refractivity contribution in [3.05, 3.63) is 70.8 Å². The molecule has 3 rings (SSSR count). The van der Waals surface area contributed by atoms with Crippen LogP contribution in [0.15, 0.2) is 48.7 Å². The molecule has 2 aromatic heterocycles. The van der Waals surface area contributed by atoms with Crippen LogP contribution in [0.25, 0.3) is 5.52 Å². The lowest BCUT2D eigenvalue weighted by Crippen LogP contribution is -2.06. The van der Waals surface area contributed by atoms with E-state index in [-0.39, 0.29) is 0 Å². The van der Waals surface area contributed by atoms with E-state index in [4.69, 9.17) is 17.3 Å². The predicted molar refractivity (Wildman–Crippen MR) is 77.3 cm³/mol. The average molecular weight is 272 g/mol. The van der Waals surface area contributed by atoms with E-state index in [1.807, 2.05) is 48.7 Å². The quantitative estimate of drug-likeness (QED) is 0.796. The molecule has 0 spiro atoms. The molecule has 0 bridgehead atoms. The minimum Gasteiger partial charge on any atom is -0.325 e. The SMILES string of the molecule is NCc1cccc2cnc(Cc3ccc(Cl)cc3)n12. The standard InChI is InChI=1S/C15H14ClN3/c16-12-6-4-11(5-7-12)8-15-18-10-14-3-1-2-13(9-17)19(14)15/h1-7,10H,8-9,17H2. The summed E-state index contributed by atoms with van der Waals surface area (Å²) in [6.07, 6.45) is 2.65. The van der Waals surface area contributed by atoms with E-state index >= 15 is 0 Å². The number of halogens is 1. The summed E-state index contributed by atoms with van der Waals surface area (Å²) in [6, 6.07) is 13.9. The van der Waals surface area contributed by atoms with Gasteiger partial charge in [-0.15, -0.1) is 0 Å². The summed E-state index contributed by atoms with van der Waals surface area (Å²) in [4.78, 5) is 4.50. The number of benzene rings is 1. The van der Waals surface area contributed by atoms with Gasteiger partial charge in [0, 0.05) is 23.7 Å². The first-order valence-electron chi connectivity index (χ1n) is 6.16. The van der Waals surface area contributed by atoms with Crippen LogP contribution >= 0.6 is 11.6 Å². The third kappa shape index (κ3) is 2.35. The molecule has 0 saturated carbocycles. The van der Waals surface area contributed by atoms with Crippen molar-refractivity contribution in [3.63, 3.8) is 0 Å². The minimum absolute atomic E-state index is 0.501. The molecule has 3 aromatic rings. The Morgan fingerprint density at radius 3 is 2.63 bits per heavy atom. The Kier molecular flexibility index (Phi) is 3.23. The largest absolute Gasteiger partial charge is 0.325 e. The minimum atomic E-state index is 0.501. The molecule has 96 valence electrons. The van der Waals surface area contributed by atoms with Crippen LogP contribution in [0.5, 0.6) is 0 Å². The van der Waals surface area contributed by atoms with Gasteiger partial charge in [0.15, 0.2) is 0 Å². The van der Waals surface area contributed by atoms with Crippen LogP contribution in [-0.4, -0.2) is 9.38 Å². The number of rotatable bonds is 3. The van der Waals surface area contributed by atoms with Gasteiger partial charge in [-0.05, 0) is 29.8 Å². The predicted octanol–water partition coefficient (Wildman–Crippen LogP) is 3.04. The summed E-state index contributed by atoms with van der Waals surface area (Å²) in [7, 11) is 0. The maximum atomic E-state index is 5.90. The summed E-state index contributed by atoms with van der Waals surface area (Å²) in [5.74, 6) is 0.998.